The number of hydrogen-bond donors (Lipinski definition) is 2. The van der Waals surface area contributed by atoms with Crippen molar-refractivity contribution in [3.63, 3.8) is 0 Å². The molecular weight excluding hydrogens is 268 g/mol. The monoisotopic (exact) mass is 286 g/mol. The lowest BCUT2D eigenvalue weighted by Crippen LogP contribution is -2.11. The molecule has 2 aromatic rings. The maximum atomic E-state index is 11.7. The van der Waals surface area contributed by atoms with Crippen molar-refractivity contribution >= 4 is 17.6 Å². The molecule has 0 radical (unpaired) electrons. The molecule has 21 heavy (non-hydrogen) atoms. The molecule has 0 aliphatic carbocycles. The fraction of sp³-hybridized carbons (Fsp3) is 0.267. The second-order valence-corrected chi connectivity index (χ2v) is 4.51. The number of rotatable bonds is 5. The number of ether oxygens (including phenoxy) is 1. The highest BCUT2D eigenvalue weighted by atomic mass is 16.5. The highest BCUT2D eigenvalue weighted by Crippen LogP contribution is 2.11. The van der Waals surface area contributed by atoms with Gasteiger partial charge in [-0.05, 0) is 31.5 Å². The molecule has 1 heterocycles. The molecule has 6 nitrogen and oxygen atoms in total. The highest BCUT2D eigenvalue weighted by molar-refractivity contribution is 5.90. The number of nitrogens with two attached hydrogens (primary N) is 1. The van der Waals surface area contributed by atoms with Gasteiger partial charge in [-0.2, -0.15) is 0 Å². The summed E-state index contributed by atoms with van der Waals surface area (Å²) in [6, 6.07) is 7.57. The Morgan fingerprint density at radius 3 is 2.90 bits per heavy atom. The maximum absolute atomic E-state index is 11.7. The average Bonchev–Trinajstić information content (AvgIpc) is 2.45. The number of carbonyl (C=O) groups is 1. The molecule has 1 aromatic carbocycles. The van der Waals surface area contributed by atoms with E-state index in [1.807, 2.05) is 24.3 Å². The first-order valence-electron chi connectivity index (χ1n) is 6.69. The van der Waals surface area contributed by atoms with Gasteiger partial charge < -0.3 is 15.8 Å². The van der Waals surface area contributed by atoms with Crippen LogP contribution in [-0.4, -0.2) is 22.5 Å². The topological polar surface area (TPSA) is 90.1 Å². The molecule has 6 heteroatoms. The van der Waals surface area contributed by atoms with E-state index >= 15 is 0 Å². The van der Waals surface area contributed by atoms with Gasteiger partial charge in [0.2, 0.25) is 5.95 Å². The molecule has 0 amide bonds. The number of aromatic nitrogens is 2. The standard InChI is InChI=1S/C15H18N4O2/c1-3-21-14(20)13-9-18-15(19-10(13)2)17-8-11-5-4-6-12(16)7-11/h4-7,9H,3,8,16H2,1-2H3,(H,17,18,19). The van der Waals surface area contributed by atoms with E-state index in [0.717, 1.165) is 5.56 Å². The molecular formula is C15H18N4O2. The number of esters is 1. The van der Waals surface area contributed by atoms with Gasteiger partial charge in [0.15, 0.2) is 0 Å². The summed E-state index contributed by atoms with van der Waals surface area (Å²) in [4.78, 5) is 20.0. The summed E-state index contributed by atoms with van der Waals surface area (Å²) in [6.45, 7) is 4.39. The summed E-state index contributed by atoms with van der Waals surface area (Å²) in [5, 5.41) is 3.10. The van der Waals surface area contributed by atoms with Crippen LogP contribution < -0.4 is 11.1 Å². The average molecular weight is 286 g/mol. The molecule has 0 fully saturated rings. The lowest BCUT2D eigenvalue weighted by Gasteiger charge is -2.08. The number of nitrogens with one attached hydrogen (secondary N) is 1. The summed E-state index contributed by atoms with van der Waals surface area (Å²) < 4.78 is 4.94. The third-order valence-electron chi connectivity index (χ3n) is 2.88. The molecule has 0 aliphatic rings. The highest BCUT2D eigenvalue weighted by Gasteiger charge is 2.12. The molecule has 0 saturated carbocycles. The molecule has 0 aliphatic heterocycles. The SMILES string of the molecule is CCOC(=O)c1cnc(NCc2cccc(N)c2)nc1C. The summed E-state index contributed by atoms with van der Waals surface area (Å²) >= 11 is 0. The van der Waals surface area contributed by atoms with Crippen LogP contribution in [0.25, 0.3) is 0 Å². The van der Waals surface area contributed by atoms with E-state index in [1.54, 1.807) is 13.8 Å². The summed E-state index contributed by atoms with van der Waals surface area (Å²) in [7, 11) is 0. The predicted molar refractivity (Wildman–Crippen MR) is 80.9 cm³/mol. The summed E-state index contributed by atoms with van der Waals surface area (Å²) in [5.74, 6) is 0.0559. The van der Waals surface area contributed by atoms with Crippen LogP contribution in [0.15, 0.2) is 30.5 Å². The number of nitrogen functional groups attached to an aromatic ring is 1. The van der Waals surface area contributed by atoms with Crippen LogP contribution in [-0.2, 0) is 11.3 Å². The number of carbonyl (C=O) groups excluding carboxylic acids is 1. The number of aryl methyl sites for hydroxylation is 1. The Balaban J connectivity index is 2.05. The zero-order valence-corrected chi connectivity index (χ0v) is 12.1. The Bertz CT molecular complexity index is 643. The van der Waals surface area contributed by atoms with E-state index in [2.05, 4.69) is 15.3 Å². The third kappa shape index (κ3) is 3.92. The van der Waals surface area contributed by atoms with Crippen molar-refractivity contribution < 1.29 is 9.53 Å². The van der Waals surface area contributed by atoms with Crippen LogP contribution in [0.1, 0.15) is 28.5 Å². The second kappa shape index (κ2) is 6.69. The lowest BCUT2D eigenvalue weighted by molar-refractivity contribution is 0.0524. The molecule has 0 spiro atoms. The molecule has 0 saturated heterocycles. The van der Waals surface area contributed by atoms with Crippen molar-refractivity contribution in [3.05, 3.63) is 47.3 Å². The number of hydrogen-bond acceptors (Lipinski definition) is 6. The van der Waals surface area contributed by atoms with Crippen LogP contribution in [0.4, 0.5) is 11.6 Å². The van der Waals surface area contributed by atoms with Gasteiger partial charge in [-0.1, -0.05) is 12.1 Å². The van der Waals surface area contributed by atoms with Crippen molar-refractivity contribution in [2.24, 2.45) is 0 Å². The van der Waals surface area contributed by atoms with Crippen LogP contribution in [0, 0.1) is 6.92 Å². The van der Waals surface area contributed by atoms with E-state index in [1.165, 1.54) is 6.20 Å². The normalized spacial score (nSPS) is 10.2. The molecule has 0 unspecified atom stereocenters. The Hall–Kier alpha value is -2.63. The van der Waals surface area contributed by atoms with Crippen molar-refractivity contribution in [1.82, 2.24) is 9.97 Å². The number of benzene rings is 1. The fourth-order valence-corrected chi connectivity index (χ4v) is 1.85. The Kier molecular flexibility index (Phi) is 4.71. The zero-order valence-electron chi connectivity index (χ0n) is 12.1. The van der Waals surface area contributed by atoms with Gasteiger partial charge in [-0.15, -0.1) is 0 Å². The summed E-state index contributed by atoms with van der Waals surface area (Å²) in [6.07, 6.45) is 1.47. The minimum atomic E-state index is -0.405. The van der Waals surface area contributed by atoms with Crippen molar-refractivity contribution in [3.8, 4) is 0 Å². The fourth-order valence-electron chi connectivity index (χ4n) is 1.85. The molecule has 1 aromatic heterocycles. The van der Waals surface area contributed by atoms with Gasteiger partial charge in [0, 0.05) is 18.4 Å². The van der Waals surface area contributed by atoms with E-state index in [9.17, 15) is 4.79 Å². The number of nitrogens with zero attached hydrogens (tertiary/aromatic N) is 2. The van der Waals surface area contributed by atoms with Crippen LogP contribution in [0.3, 0.4) is 0 Å². The van der Waals surface area contributed by atoms with Gasteiger partial charge in [0.05, 0.1) is 17.9 Å². The van der Waals surface area contributed by atoms with Gasteiger partial charge >= 0.3 is 5.97 Å². The molecule has 2 rings (SSSR count). The molecule has 0 bridgehead atoms. The molecule has 3 N–H and O–H groups in total. The van der Waals surface area contributed by atoms with Gasteiger partial charge in [-0.3, -0.25) is 0 Å². The van der Waals surface area contributed by atoms with Crippen molar-refractivity contribution in [2.45, 2.75) is 20.4 Å². The smallest absolute Gasteiger partial charge is 0.341 e. The van der Waals surface area contributed by atoms with E-state index < -0.39 is 5.97 Å². The quantitative estimate of drug-likeness (QED) is 0.646. The summed E-state index contributed by atoms with van der Waals surface area (Å²) in [5.41, 5.74) is 8.43. The van der Waals surface area contributed by atoms with Crippen LogP contribution >= 0.6 is 0 Å². The Morgan fingerprint density at radius 2 is 2.24 bits per heavy atom. The minimum absolute atomic E-state index is 0.327. The first-order chi connectivity index (χ1) is 10.1. The second-order valence-electron chi connectivity index (χ2n) is 4.51. The number of anilines is 2. The first kappa shape index (κ1) is 14.8. The predicted octanol–water partition coefficient (Wildman–Crippen LogP) is 2.16. The molecule has 0 atom stereocenters. The van der Waals surface area contributed by atoms with Crippen LogP contribution in [0.2, 0.25) is 0 Å². The van der Waals surface area contributed by atoms with Gasteiger partial charge in [0.25, 0.3) is 0 Å². The first-order valence-corrected chi connectivity index (χ1v) is 6.69. The van der Waals surface area contributed by atoms with E-state index in [0.29, 0.717) is 36.0 Å². The van der Waals surface area contributed by atoms with Crippen LogP contribution in [0.5, 0.6) is 0 Å². The zero-order chi connectivity index (χ0) is 15.2. The van der Waals surface area contributed by atoms with Gasteiger partial charge in [0.1, 0.15) is 0 Å². The third-order valence-corrected chi connectivity index (χ3v) is 2.88. The maximum Gasteiger partial charge on any atom is 0.341 e. The Morgan fingerprint density at radius 1 is 1.43 bits per heavy atom. The Labute approximate surface area is 123 Å². The lowest BCUT2D eigenvalue weighted by atomic mass is 10.2. The van der Waals surface area contributed by atoms with E-state index in [-0.39, 0.29) is 0 Å². The molecule has 110 valence electrons. The largest absolute Gasteiger partial charge is 0.462 e. The minimum Gasteiger partial charge on any atom is -0.462 e. The van der Waals surface area contributed by atoms with Crippen molar-refractivity contribution in [2.75, 3.05) is 17.7 Å². The van der Waals surface area contributed by atoms with Gasteiger partial charge in [-0.25, -0.2) is 14.8 Å². The van der Waals surface area contributed by atoms with E-state index in [4.69, 9.17) is 10.5 Å². The van der Waals surface area contributed by atoms with Crippen molar-refractivity contribution in [1.29, 1.82) is 0 Å².